The summed E-state index contributed by atoms with van der Waals surface area (Å²) in [6.07, 6.45) is 2.44. The lowest BCUT2D eigenvalue weighted by molar-refractivity contribution is 0.632. The molecular formula is C13H15ClN4. The molecule has 0 unspecified atom stereocenters. The molecule has 3 rings (SSSR count). The Bertz CT molecular complexity index is 552. The van der Waals surface area contributed by atoms with Crippen molar-refractivity contribution < 1.29 is 0 Å². The van der Waals surface area contributed by atoms with Crippen LogP contribution in [0, 0.1) is 0 Å². The normalized spacial score (nSPS) is 19.3. The van der Waals surface area contributed by atoms with Crippen LogP contribution in [0.2, 0.25) is 5.15 Å². The van der Waals surface area contributed by atoms with E-state index in [1.807, 2.05) is 24.3 Å². The van der Waals surface area contributed by atoms with Gasteiger partial charge in [0.05, 0.1) is 11.0 Å². The van der Waals surface area contributed by atoms with Gasteiger partial charge >= 0.3 is 0 Å². The molecule has 1 fully saturated rings. The Hall–Kier alpha value is -1.39. The molecule has 0 saturated carbocycles. The number of nitrogens with zero attached hydrogens (tertiary/aromatic N) is 2. The Labute approximate surface area is 111 Å². The van der Waals surface area contributed by atoms with Crippen LogP contribution in [-0.4, -0.2) is 29.1 Å². The van der Waals surface area contributed by atoms with E-state index in [1.54, 1.807) is 0 Å². The van der Waals surface area contributed by atoms with Gasteiger partial charge in [-0.3, -0.25) is 0 Å². The molecule has 1 aliphatic rings. The summed E-state index contributed by atoms with van der Waals surface area (Å²) >= 11 is 6.13. The lowest BCUT2D eigenvalue weighted by atomic mass is 10.2. The Morgan fingerprint density at radius 3 is 2.78 bits per heavy atom. The third-order valence-electron chi connectivity index (χ3n) is 3.21. The van der Waals surface area contributed by atoms with Gasteiger partial charge in [-0.15, -0.1) is 0 Å². The summed E-state index contributed by atoms with van der Waals surface area (Å²) in [5.41, 5.74) is 1.69. The van der Waals surface area contributed by atoms with Crippen molar-refractivity contribution in [2.45, 2.75) is 18.9 Å². The van der Waals surface area contributed by atoms with Crippen molar-refractivity contribution in [3.63, 3.8) is 0 Å². The average molecular weight is 263 g/mol. The number of rotatable bonds is 3. The number of hydrogen-bond acceptors (Lipinski definition) is 4. The van der Waals surface area contributed by atoms with E-state index in [2.05, 4.69) is 20.6 Å². The van der Waals surface area contributed by atoms with Crippen LogP contribution in [0.5, 0.6) is 0 Å². The summed E-state index contributed by atoms with van der Waals surface area (Å²) < 4.78 is 0. The number of benzene rings is 1. The molecule has 0 aliphatic carbocycles. The maximum atomic E-state index is 6.13. The molecule has 4 nitrogen and oxygen atoms in total. The molecule has 1 aliphatic heterocycles. The lowest BCUT2D eigenvalue weighted by Gasteiger charge is -2.13. The van der Waals surface area contributed by atoms with Gasteiger partial charge in [-0.2, -0.15) is 0 Å². The number of nitrogens with one attached hydrogen (secondary N) is 2. The van der Waals surface area contributed by atoms with E-state index in [0.29, 0.717) is 17.0 Å². The minimum Gasteiger partial charge on any atom is -0.366 e. The highest BCUT2D eigenvalue weighted by atomic mass is 35.5. The van der Waals surface area contributed by atoms with Gasteiger partial charge in [-0.05, 0) is 31.5 Å². The molecule has 0 spiro atoms. The topological polar surface area (TPSA) is 49.8 Å². The van der Waals surface area contributed by atoms with Crippen molar-refractivity contribution in [2.24, 2.45) is 0 Å². The molecule has 0 amide bonds. The van der Waals surface area contributed by atoms with Crippen molar-refractivity contribution >= 4 is 28.5 Å². The Morgan fingerprint density at radius 1 is 1.28 bits per heavy atom. The molecule has 2 heterocycles. The van der Waals surface area contributed by atoms with Gasteiger partial charge in [0, 0.05) is 12.6 Å². The predicted molar refractivity (Wildman–Crippen MR) is 74.1 cm³/mol. The Balaban J connectivity index is 1.80. The highest BCUT2D eigenvalue weighted by Gasteiger charge is 2.14. The van der Waals surface area contributed by atoms with Crippen LogP contribution in [-0.2, 0) is 0 Å². The van der Waals surface area contributed by atoms with E-state index in [4.69, 9.17) is 11.6 Å². The standard InChI is InChI=1S/C13H15ClN4/c14-12-13(16-8-9-4-3-7-15-9)18-11-6-2-1-5-10(11)17-12/h1-2,5-6,9,15H,3-4,7-8H2,(H,16,18)/t9-/m0/s1. The van der Waals surface area contributed by atoms with Crippen LogP contribution in [0.15, 0.2) is 24.3 Å². The first-order chi connectivity index (χ1) is 8.83. The number of anilines is 1. The molecule has 0 radical (unpaired) electrons. The van der Waals surface area contributed by atoms with Gasteiger partial charge in [0.2, 0.25) is 0 Å². The number of para-hydroxylation sites is 2. The molecule has 94 valence electrons. The molecule has 1 atom stereocenters. The minimum absolute atomic E-state index is 0.437. The average Bonchev–Trinajstić information content (AvgIpc) is 2.89. The van der Waals surface area contributed by atoms with E-state index < -0.39 is 0 Å². The molecule has 1 aromatic heterocycles. The highest BCUT2D eigenvalue weighted by molar-refractivity contribution is 6.32. The zero-order valence-corrected chi connectivity index (χ0v) is 10.7. The fraction of sp³-hybridized carbons (Fsp3) is 0.385. The monoisotopic (exact) mass is 262 g/mol. The number of fused-ring (bicyclic) bond motifs is 1. The van der Waals surface area contributed by atoms with Gasteiger partial charge < -0.3 is 10.6 Å². The van der Waals surface area contributed by atoms with Gasteiger partial charge in [0.15, 0.2) is 11.0 Å². The van der Waals surface area contributed by atoms with Crippen molar-refractivity contribution in [1.29, 1.82) is 0 Å². The van der Waals surface area contributed by atoms with E-state index in [1.165, 1.54) is 12.8 Å². The van der Waals surface area contributed by atoms with E-state index in [-0.39, 0.29) is 0 Å². The van der Waals surface area contributed by atoms with Crippen molar-refractivity contribution in [3.05, 3.63) is 29.4 Å². The van der Waals surface area contributed by atoms with Crippen LogP contribution in [0.25, 0.3) is 11.0 Å². The van der Waals surface area contributed by atoms with Gasteiger partial charge in [-0.25, -0.2) is 9.97 Å². The molecule has 5 heteroatoms. The molecule has 1 aromatic carbocycles. The van der Waals surface area contributed by atoms with Crippen molar-refractivity contribution in [2.75, 3.05) is 18.4 Å². The third-order valence-corrected chi connectivity index (χ3v) is 3.47. The van der Waals surface area contributed by atoms with Crippen LogP contribution in [0.1, 0.15) is 12.8 Å². The second-order valence-electron chi connectivity index (χ2n) is 4.53. The van der Waals surface area contributed by atoms with E-state index >= 15 is 0 Å². The summed E-state index contributed by atoms with van der Waals surface area (Å²) in [6, 6.07) is 8.25. The molecule has 18 heavy (non-hydrogen) atoms. The first-order valence-electron chi connectivity index (χ1n) is 6.22. The number of hydrogen-bond donors (Lipinski definition) is 2. The van der Waals surface area contributed by atoms with Crippen molar-refractivity contribution in [1.82, 2.24) is 15.3 Å². The minimum atomic E-state index is 0.437. The molecule has 0 bridgehead atoms. The maximum Gasteiger partial charge on any atom is 0.172 e. The third kappa shape index (κ3) is 2.40. The van der Waals surface area contributed by atoms with Gasteiger partial charge in [-0.1, -0.05) is 23.7 Å². The smallest absolute Gasteiger partial charge is 0.172 e. The molecule has 2 aromatic rings. The summed E-state index contributed by atoms with van der Waals surface area (Å²) in [7, 11) is 0. The molecule has 2 N–H and O–H groups in total. The summed E-state index contributed by atoms with van der Waals surface area (Å²) in [5.74, 6) is 0.670. The molecule has 1 saturated heterocycles. The van der Waals surface area contributed by atoms with E-state index in [9.17, 15) is 0 Å². The largest absolute Gasteiger partial charge is 0.366 e. The molecular weight excluding hydrogens is 248 g/mol. The number of aromatic nitrogens is 2. The zero-order valence-electron chi connectivity index (χ0n) is 9.99. The zero-order chi connectivity index (χ0) is 12.4. The second-order valence-corrected chi connectivity index (χ2v) is 4.88. The van der Waals surface area contributed by atoms with Crippen LogP contribution >= 0.6 is 11.6 Å². The fourth-order valence-corrected chi connectivity index (χ4v) is 2.44. The van der Waals surface area contributed by atoms with Crippen LogP contribution in [0.4, 0.5) is 5.82 Å². The summed E-state index contributed by atoms with van der Waals surface area (Å²) in [5, 5.41) is 7.15. The van der Waals surface area contributed by atoms with Crippen LogP contribution in [0.3, 0.4) is 0 Å². The van der Waals surface area contributed by atoms with Crippen LogP contribution < -0.4 is 10.6 Å². The predicted octanol–water partition coefficient (Wildman–Crippen LogP) is 2.45. The number of halogens is 1. The first kappa shape index (κ1) is 11.7. The Kier molecular flexibility index (Phi) is 3.30. The summed E-state index contributed by atoms with van der Waals surface area (Å²) in [6.45, 7) is 1.94. The fourth-order valence-electron chi connectivity index (χ4n) is 2.24. The van der Waals surface area contributed by atoms with Gasteiger partial charge in [0.25, 0.3) is 0 Å². The maximum absolute atomic E-state index is 6.13. The quantitative estimate of drug-likeness (QED) is 0.892. The second kappa shape index (κ2) is 5.08. The Morgan fingerprint density at radius 2 is 2.06 bits per heavy atom. The van der Waals surface area contributed by atoms with Crippen molar-refractivity contribution in [3.8, 4) is 0 Å². The SMILES string of the molecule is Clc1nc2ccccc2nc1NC[C@@H]1CCCN1. The summed E-state index contributed by atoms with van der Waals surface area (Å²) in [4.78, 5) is 8.84. The van der Waals surface area contributed by atoms with Gasteiger partial charge in [0.1, 0.15) is 0 Å². The first-order valence-corrected chi connectivity index (χ1v) is 6.60. The highest BCUT2D eigenvalue weighted by Crippen LogP contribution is 2.21. The van der Waals surface area contributed by atoms with E-state index in [0.717, 1.165) is 24.1 Å². The lowest BCUT2D eigenvalue weighted by Crippen LogP contribution is -2.29.